The van der Waals surface area contributed by atoms with Crippen molar-refractivity contribution in [1.29, 1.82) is 0 Å². The molecule has 2 aromatic rings. The van der Waals surface area contributed by atoms with E-state index in [2.05, 4.69) is 5.92 Å². The van der Waals surface area contributed by atoms with E-state index in [1.54, 1.807) is 24.3 Å². The number of carboxylic acid groups (broad SMARTS) is 2. The molecule has 0 aliphatic rings. The molecule has 4 heteroatoms. The fourth-order valence-corrected chi connectivity index (χ4v) is 1.89. The molecule has 20 heavy (non-hydrogen) atoms. The highest BCUT2D eigenvalue weighted by atomic mass is 16.4. The molecule has 0 spiro atoms. The molecular weight excluding hydrogens is 256 g/mol. The van der Waals surface area contributed by atoms with Gasteiger partial charge in [-0.1, -0.05) is 24.1 Å². The second-order valence-electron chi connectivity index (χ2n) is 4.10. The predicted octanol–water partition coefficient (Wildman–Crippen LogP) is 2.73. The monoisotopic (exact) mass is 266 g/mol. The average Bonchev–Trinajstić information content (AvgIpc) is 2.46. The Morgan fingerprint density at radius 1 is 0.950 bits per heavy atom. The van der Waals surface area contributed by atoms with Crippen molar-refractivity contribution in [3.05, 3.63) is 59.2 Å². The smallest absolute Gasteiger partial charge is 0.335 e. The lowest BCUT2D eigenvalue weighted by molar-refractivity contribution is 0.0696. The van der Waals surface area contributed by atoms with E-state index in [-0.39, 0.29) is 11.1 Å². The third kappa shape index (κ3) is 2.52. The third-order valence-electron chi connectivity index (χ3n) is 2.82. The van der Waals surface area contributed by atoms with Crippen LogP contribution in [0.2, 0.25) is 0 Å². The van der Waals surface area contributed by atoms with Crippen LogP contribution >= 0.6 is 0 Å². The Balaban J connectivity index is 2.71. The number of rotatable bonds is 3. The third-order valence-corrected chi connectivity index (χ3v) is 2.82. The Bertz CT molecular complexity index is 706. The van der Waals surface area contributed by atoms with Crippen molar-refractivity contribution >= 4 is 11.9 Å². The first kappa shape index (κ1) is 13.4. The zero-order chi connectivity index (χ0) is 14.7. The van der Waals surface area contributed by atoms with Gasteiger partial charge >= 0.3 is 11.9 Å². The van der Waals surface area contributed by atoms with Gasteiger partial charge in [-0.15, -0.1) is 6.42 Å². The zero-order valence-electron chi connectivity index (χ0n) is 10.3. The van der Waals surface area contributed by atoms with Crippen molar-refractivity contribution in [2.24, 2.45) is 0 Å². The average molecular weight is 266 g/mol. The van der Waals surface area contributed by atoms with Crippen molar-refractivity contribution in [3.8, 4) is 23.5 Å². The van der Waals surface area contributed by atoms with E-state index in [1.807, 2.05) is 0 Å². The lowest BCUT2D eigenvalue weighted by Crippen LogP contribution is -2.03. The summed E-state index contributed by atoms with van der Waals surface area (Å²) in [5, 5.41) is 18.1. The van der Waals surface area contributed by atoms with E-state index in [0.29, 0.717) is 16.7 Å². The number of hydrogen-bond acceptors (Lipinski definition) is 2. The molecule has 98 valence electrons. The maximum absolute atomic E-state index is 11.1. The summed E-state index contributed by atoms with van der Waals surface area (Å²) in [5.74, 6) is 0.122. The molecule has 0 radical (unpaired) electrons. The Hall–Kier alpha value is -3.06. The first-order chi connectivity index (χ1) is 9.52. The molecule has 2 rings (SSSR count). The lowest BCUT2D eigenvalue weighted by Gasteiger charge is -2.08. The molecule has 2 aromatic carbocycles. The molecule has 0 unspecified atom stereocenters. The molecule has 0 atom stereocenters. The molecule has 0 aromatic heterocycles. The zero-order valence-corrected chi connectivity index (χ0v) is 10.3. The molecule has 0 fully saturated rings. The highest BCUT2D eigenvalue weighted by molar-refractivity contribution is 5.96. The molecule has 0 aliphatic carbocycles. The van der Waals surface area contributed by atoms with E-state index in [4.69, 9.17) is 16.6 Å². The first-order valence-electron chi connectivity index (χ1n) is 5.70. The standard InChI is InChI=1S/C16H10O4/c1-2-10-5-3-4-6-14(10)11-7-12(15(17)18)9-13(8-11)16(19)20/h1,3-9H,(H,17,18)(H,19,20). The van der Waals surface area contributed by atoms with Gasteiger partial charge in [-0.2, -0.15) is 0 Å². The number of benzene rings is 2. The molecule has 0 bridgehead atoms. The minimum atomic E-state index is -1.19. The Labute approximate surface area is 115 Å². The fraction of sp³-hybridized carbons (Fsp3) is 0. The van der Waals surface area contributed by atoms with Crippen molar-refractivity contribution in [3.63, 3.8) is 0 Å². The topological polar surface area (TPSA) is 74.6 Å². The van der Waals surface area contributed by atoms with Crippen LogP contribution in [0.15, 0.2) is 42.5 Å². The molecule has 4 nitrogen and oxygen atoms in total. The van der Waals surface area contributed by atoms with Gasteiger partial charge in [0.1, 0.15) is 0 Å². The Morgan fingerprint density at radius 3 is 2.00 bits per heavy atom. The highest BCUT2D eigenvalue weighted by Crippen LogP contribution is 2.25. The van der Waals surface area contributed by atoms with Crippen LogP contribution in [-0.4, -0.2) is 22.2 Å². The van der Waals surface area contributed by atoms with E-state index in [9.17, 15) is 9.59 Å². The summed E-state index contributed by atoms with van der Waals surface area (Å²) in [6.45, 7) is 0. The molecule has 0 amide bonds. The lowest BCUT2D eigenvalue weighted by atomic mass is 9.96. The summed E-state index contributed by atoms with van der Waals surface area (Å²) in [7, 11) is 0. The summed E-state index contributed by atoms with van der Waals surface area (Å²) >= 11 is 0. The van der Waals surface area contributed by atoms with Gasteiger partial charge in [0.25, 0.3) is 0 Å². The summed E-state index contributed by atoms with van der Waals surface area (Å²) < 4.78 is 0. The van der Waals surface area contributed by atoms with E-state index < -0.39 is 11.9 Å². The molecule has 0 saturated heterocycles. The largest absolute Gasteiger partial charge is 0.478 e. The van der Waals surface area contributed by atoms with Gasteiger partial charge in [0.05, 0.1) is 11.1 Å². The van der Waals surface area contributed by atoms with Gasteiger partial charge in [-0.05, 0) is 35.4 Å². The number of hydrogen-bond donors (Lipinski definition) is 2. The van der Waals surface area contributed by atoms with Crippen LogP contribution < -0.4 is 0 Å². The number of carbonyl (C=O) groups is 2. The fourth-order valence-electron chi connectivity index (χ4n) is 1.89. The second-order valence-corrected chi connectivity index (χ2v) is 4.10. The van der Waals surface area contributed by atoms with Gasteiger partial charge in [0.15, 0.2) is 0 Å². The molecule has 0 saturated carbocycles. The molecule has 0 heterocycles. The second kappa shape index (κ2) is 5.29. The molecule has 2 N–H and O–H groups in total. The van der Waals surface area contributed by atoms with Gasteiger partial charge in [-0.3, -0.25) is 0 Å². The number of aromatic carboxylic acids is 2. The minimum absolute atomic E-state index is 0.0910. The highest BCUT2D eigenvalue weighted by Gasteiger charge is 2.13. The maximum atomic E-state index is 11.1. The molecule has 0 aliphatic heterocycles. The minimum Gasteiger partial charge on any atom is -0.478 e. The van der Waals surface area contributed by atoms with E-state index >= 15 is 0 Å². The van der Waals surface area contributed by atoms with Crippen LogP contribution in [0.5, 0.6) is 0 Å². The SMILES string of the molecule is C#Cc1ccccc1-c1cc(C(=O)O)cc(C(=O)O)c1. The summed E-state index contributed by atoms with van der Waals surface area (Å²) in [5.41, 5.74) is 1.49. The van der Waals surface area contributed by atoms with E-state index in [0.717, 1.165) is 6.07 Å². The molecular formula is C16H10O4. The van der Waals surface area contributed by atoms with Crippen molar-refractivity contribution < 1.29 is 19.8 Å². The summed E-state index contributed by atoms with van der Waals surface area (Å²) in [6, 6.07) is 10.9. The summed E-state index contributed by atoms with van der Waals surface area (Å²) in [6.07, 6.45) is 5.40. The van der Waals surface area contributed by atoms with Gasteiger partial charge < -0.3 is 10.2 Å². The number of carboxylic acids is 2. The predicted molar refractivity (Wildman–Crippen MR) is 73.7 cm³/mol. The Morgan fingerprint density at radius 2 is 1.50 bits per heavy atom. The first-order valence-corrected chi connectivity index (χ1v) is 5.70. The van der Waals surface area contributed by atoms with Gasteiger partial charge in [0, 0.05) is 5.56 Å². The van der Waals surface area contributed by atoms with Crippen LogP contribution in [-0.2, 0) is 0 Å². The van der Waals surface area contributed by atoms with Crippen molar-refractivity contribution in [2.75, 3.05) is 0 Å². The maximum Gasteiger partial charge on any atom is 0.335 e. The van der Waals surface area contributed by atoms with Crippen LogP contribution in [0.1, 0.15) is 26.3 Å². The van der Waals surface area contributed by atoms with Gasteiger partial charge in [-0.25, -0.2) is 9.59 Å². The normalized spacial score (nSPS) is 9.75. The van der Waals surface area contributed by atoms with Crippen molar-refractivity contribution in [1.82, 2.24) is 0 Å². The van der Waals surface area contributed by atoms with Crippen molar-refractivity contribution in [2.45, 2.75) is 0 Å². The quantitative estimate of drug-likeness (QED) is 0.838. The van der Waals surface area contributed by atoms with Crippen LogP contribution in [0, 0.1) is 12.3 Å². The van der Waals surface area contributed by atoms with Crippen LogP contribution in [0.3, 0.4) is 0 Å². The summed E-state index contributed by atoms with van der Waals surface area (Å²) in [4.78, 5) is 22.2. The number of terminal acetylenes is 1. The Kier molecular flexibility index (Phi) is 3.54. The van der Waals surface area contributed by atoms with Crippen LogP contribution in [0.25, 0.3) is 11.1 Å². The van der Waals surface area contributed by atoms with E-state index in [1.165, 1.54) is 12.1 Å². The van der Waals surface area contributed by atoms with Crippen LogP contribution in [0.4, 0.5) is 0 Å². The van der Waals surface area contributed by atoms with Gasteiger partial charge in [0.2, 0.25) is 0 Å².